The molecule has 0 aliphatic carbocycles. The molecule has 1 aromatic heterocycles. The zero-order chi connectivity index (χ0) is 18.8. The average Bonchev–Trinajstić information content (AvgIpc) is 2.99. The molecule has 0 amide bonds. The maximum absolute atomic E-state index is 12.5. The normalized spacial score (nSPS) is 10.5. The van der Waals surface area contributed by atoms with Crippen LogP contribution in [0.1, 0.15) is 44.2 Å². The Bertz CT molecular complexity index is 622. The van der Waals surface area contributed by atoms with Crippen LogP contribution in [0.25, 0.3) is 15.8 Å². The molecular formula is C17H22Cl2F3NS. The Morgan fingerprint density at radius 1 is 1.21 bits per heavy atom. The van der Waals surface area contributed by atoms with Gasteiger partial charge >= 0.3 is 6.18 Å². The Morgan fingerprint density at radius 3 is 2.21 bits per heavy atom. The highest BCUT2D eigenvalue weighted by molar-refractivity contribution is 7.19. The van der Waals surface area contributed by atoms with Gasteiger partial charge in [-0.15, -0.1) is 34.5 Å². The molecule has 2 aromatic rings. The SMILES string of the molecule is C=C(CC)c1nc2cc(C(F)(F)F)ccc2s1.CC.ClCCCCl. The fourth-order valence-electron chi connectivity index (χ4n) is 1.46. The molecule has 0 aliphatic rings. The minimum absolute atomic E-state index is 0.384. The summed E-state index contributed by atoms with van der Waals surface area (Å²) in [6, 6.07) is 3.62. The van der Waals surface area contributed by atoms with Crippen LogP contribution >= 0.6 is 34.5 Å². The van der Waals surface area contributed by atoms with Crippen molar-refractivity contribution in [1.82, 2.24) is 4.98 Å². The molecule has 0 spiro atoms. The monoisotopic (exact) mass is 399 g/mol. The molecule has 7 heteroatoms. The van der Waals surface area contributed by atoms with Crippen molar-refractivity contribution in [2.45, 2.75) is 39.8 Å². The van der Waals surface area contributed by atoms with E-state index in [9.17, 15) is 13.2 Å². The van der Waals surface area contributed by atoms with Crippen LogP contribution < -0.4 is 0 Å². The van der Waals surface area contributed by atoms with E-state index in [4.69, 9.17) is 23.2 Å². The summed E-state index contributed by atoms with van der Waals surface area (Å²) in [5.74, 6) is 1.37. The second-order valence-electron chi connectivity index (χ2n) is 4.39. The largest absolute Gasteiger partial charge is 0.416 e. The van der Waals surface area contributed by atoms with Gasteiger partial charge in [-0.05, 0) is 36.6 Å². The Morgan fingerprint density at radius 2 is 1.79 bits per heavy atom. The van der Waals surface area contributed by atoms with Crippen LogP contribution in [-0.4, -0.2) is 16.7 Å². The van der Waals surface area contributed by atoms with Gasteiger partial charge in [-0.2, -0.15) is 13.2 Å². The van der Waals surface area contributed by atoms with E-state index in [1.54, 1.807) is 0 Å². The molecule has 0 saturated carbocycles. The van der Waals surface area contributed by atoms with Crippen molar-refractivity contribution in [2.24, 2.45) is 0 Å². The Hall–Kier alpha value is -0.780. The quantitative estimate of drug-likeness (QED) is 0.481. The van der Waals surface area contributed by atoms with Gasteiger partial charge < -0.3 is 0 Å². The Balaban J connectivity index is 0.000000650. The molecule has 0 fully saturated rings. The number of rotatable bonds is 4. The molecule has 2 rings (SSSR count). The number of aromatic nitrogens is 1. The number of fused-ring (bicyclic) bond motifs is 1. The van der Waals surface area contributed by atoms with Gasteiger partial charge in [-0.1, -0.05) is 27.4 Å². The highest BCUT2D eigenvalue weighted by Crippen LogP contribution is 2.34. The number of thiazole rings is 1. The van der Waals surface area contributed by atoms with Gasteiger partial charge in [0.1, 0.15) is 5.01 Å². The summed E-state index contributed by atoms with van der Waals surface area (Å²) >= 11 is 11.8. The van der Waals surface area contributed by atoms with Crippen LogP contribution in [0.2, 0.25) is 0 Å². The molecule has 0 unspecified atom stereocenters. The zero-order valence-electron chi connectivity index (χ0n) is 14.0. The molecule has 24 heavy (non-hydrogen) atoms. The fourth-order valence-corrected chi connectivity index (χ4v) is 2.85. The Kier molecular flexibility index (Phi) is 11.3. The van der Waals surface area contributed by atoms with Gasteiger partial charge in [0, 0.05) is 11.8 Å². The van der Waals surface area contributed by atoms with Crippen molar-refractivity contribution in [1.29, 1.82) is 0 Å². The molecule has 0 aliphatic heterocycles. The van der Waals surface area contributed by atoms with E-state index in [0.29, 0.717) is 22.3 Å². The maximum atomic E-state index is 12.5. The lowest BCUT2D eigenvalue weighted by atomic mass is 10.2. The molecule has 1 aromatic carbocycles. The molecular weight excluding hydrogens is 378 g/mol. The summed E-state index contributed by atoms with van der Waals surface area (Å²) in [4.78, 5) is 4.18. The highest BCUT2D eigenvalue weighted by Gasteiger charge is 2.30. The summed E-state index contributed by atoms with van der Waals surface area (Å²) in [6.45, 7) is 9.78. The number of hydrogen-bond donors (Lipinski definition) is 0. The van der Waals surface area contributed by atoms with E-state index < -0.39 is 11.7 Å². The van der Waals surface area contributed by atoms with Crippen molar-refractivity contribution >= 4 is 50.3 Å². The number of halogens is 5. The lowest BCUT2D eigenvalue weighted by Crippen LogP contribution is -2.03. The van der Waals surface area contributed by atoms with Gasteiger partial charge in [0.05, 0.1) is 15.8 Å². The first-order valence-corrected chi connectivity index (χ1v) is 9.49. The van der Waals surface area contributed by atoms with Gasteiger partial charge in [0.2, 0.25) is 0 Å². The standard InChI is InChI=1S/C12H10F3NS.C3H6Cl2.C2H6/c1-3-7(2)11-16-9-6-8(12(13,14)15)4-5-10(9)17-11;4-2-1-3-5;1-2/h4-6H,2-3H2,1H3;1-3H2;1-2H3. The smallest absolute Gasteiger partial charge is 0.236 e. The minimum Gasteiger partial charge on any atom is -0.236 e. The lowest BCUT2D eigenvalue weighted by Gasteiger charge is -2.04. The number of benzene rings is 1. The van der Waals surface area contributed by atoms with E-state index in [2.05, 4.69) is 11.6 Å². The van der Waals surface area contributed by atoms with E-state index in [1.807, 2.05) is 20.8 Å². The lowest BCUT2D eigenvalue weighted by molar-refractivity contribution is -0.137. The van der Waals surface area contributed by atoms with Crippen molar-refractivity contribution in [2.75, 3.05) is 11.8 Å². The van der Waals surface area contributed by atoms with Gasteiger partial charge in [0.25, 0.3) is 0 Å². The fraction of sp³-hybridized carbons (Fsp3) is 0.471. The molecule has 0 N–H and O–H groups in total. The van der Waals surface area contributed by atoms with Gasteiger partial charge in [0.15, 0.2) is 0 Å². The third-order valence-corrected chi connectivity index (χ3v) is 4.38. The van der Waals surface area contributed by atoms with E-state index >= 15 is 0 Å². The topological polar surface area (TPSA) is 12.9 Å². The molecule has 0 saturated heterocycles. The summed E-state index contributed by atoms with van der Waals surface area (Å²) in [5.41, 5.74) is 0.568. The predicted molar refractivity (Wildman–Crippen MR) is 101 cm³/mol. The third-order valence-electron chi connectivity index (χ3n) is 2.71. The maximum Gasteiger partial charge on any atom is 0.416 e. The summed E-state index contributed by atoms with van der Waals surface area (Å²) in [5, 5.41) is 0.710. The van der Waals surface area contributed by atoms with E-state index in [0.717, 1.165) is 35.2 Å². The van der Waals surface area contributed by atoms with Crippen molar-refractivity contribution in [3.8, 4) is 0 Å². The zero-order valence-corrected chi connectivity index (χ0v) is 16.3. The van der Waals surface area contributed by atoms with Crippen LogP contribution in [0.15, 0.2) is 24.8 Å². The number of hydrogen-bond acceptors (Lipinski definition) is 2. The second kappa shape index (κ2) is 11.7. The average molecular weight is 400 g/mol. The minimum atomic E-state index is -4.32. The number of allylic oxidation sites excluding steroid dienone is 1. The Labute approximate surface area is 155 Å². The van der Waals surface area contributed by atoms with Gasteiger partial charge in [-0.25, -0.2) is 4.98 Å². The first-order valence-electron chi connectivity index (χ1n) is 7.61. The van der Waals surface area contributed by atoms with Crippen LogP contribution in [0.3, 0.4) is 0 Å². The first-order chi connectivity index (χ1) is 11.3. The third kappa shape index (κ3) is 7.41. The molecule has 0 bridgehead atoms. The summed E-state index contributed by atoms with van der Waals surface area (Å²) < 4.78 is 38.3. The second-order valence-corrected chi connectivity index (χ2v) is 6.17. The molecule has 1 nitrogen and oxygen atoms in total. The molecule has 1 heterocycles. The molecule has 136 valence electrons. The van der Waals surface area contributed by atoms with Gasteiger partial charge in [-0.3, -0.25) is 0 Å². The van der Waals surface area contributed by atoms with Crippen molar-refractivity contribution < 1.29 is 13.2 Å². The number of nitrogens with zero attached hydrogens (tertiary/aromatic N) is 1. The first kappa shape index (κ1) is 23.2. The van der Waals surface area contributed by atoms with Crippen LogP contribution in [-0.2, 0) is 6.18 Å². The van der Waals surface area contributed by atoms with Crippen LogP contribution in [0.5, 0.6) is 0 Å². The summed E-state index contributed by atoms with van der Waals surface area (Å²) in [6.07, 6.45) is -2.66. The van der Waals surface area contributed by atoms with Crippen LogP contribution in [0, 0.1) is 0 Å². The van der Waals surface area contributed by atoms with Crippen LogP contribution in [0.4, 0.5) is 13.2 Å². The molecule has 0 radical (unpaired) electrons. The van der Waals surface area contributed by atoms with Crippen molar-refractivity contribution in [3.63, 3.8) is 0 Å². The van der Waals surface area contributed by atoms with E-state index in [1.165, 1.54) is 17.4 Å². The molecule has 0 atom stereocenters. The predicted octanol–water partition coefficient (Wildman–Crippen LogP) is 7.62. The number of alkyl halides is 5. The summed E-state index contributed by atoms with van der Waals surface area (Å²) in [7, 11) is 0. The van der Waals surface area contributed by atoms with E-state index in [-0.39, 0.29) is 0 Å². The van der Waals surface area contributed by atoms with Crippen molar-refractivity contribution in [3.05, 3.63) is 35.3 Å². The highest BCUT2D eigenvalue weighted by atomic mass is 35.5.